The smallest absolute Gasteiger partial charge is 0.257 e. The maximum absolute atomic E-state index is 12.4. The summed E-state index contributed by atoms with van der Waals surface area (Å²) in [7, 11) is 0. The number of hydrogen-bond donors (Lipinski definition) is 1. The van der Waals surface area contributed by atoms with E-state index in [1.54, 1.807) is 0 Å². The van der Waals surface area contributed by atoms with Crippen molar-refractivity contribution < 1.29 is 4.79 Å². The number of rotatable bonds is 2. The minimum absolute atomic E-state index is 0.0816. The van der Waals surface area contributed by atoms with Crippen LogP contribution in [-0.4, -0.2) is 10.9 Å². The van der Waals surface area contributed by atoms with Crippen LogP contribution in [0.25, 0.3) is 0 Å². The third kappa shape index (κ3) is 1.67. The summed E-state index contributed by atoms with van der Waals surface area (Å²) in [6.07, 6.45) is 8.29. The highest BCUT2D eigenvalue weighted by atomic mass is 16.1. The predicted octanol–water partition coefficient (Wildman–Crippen LogP) is 3.00. The summed E-state index contributed by atoms with van der Waals surface area (Å²) >= 11 is 0. The normalized spacial score (nSPS) is 21.4. The van der Waals surface area contributed by atoms with Crippen LogP contribution in [0.15, 0.2) is 58.7 Å². The highest BCUT2D eigenvalue weighted by Gasteiger charge is 2.39. The fourth-order valence-electron chi connectivity index (χ4n) is 2.95. The maximum atomic E-state index is 12.4. The Morgan fingerprint density at radius 2 is 2.10 bits per heavy atom. The van der Waals surface area contributed by atoms with Crippen LogP contribution < -0.4 is 5.32 Å². The van der Waals surface area contributed by atoms with Gasteiger partial charge in [-0.3, -0.25) is 4.79 Å². The van der Waals surface area contributed by atoms with Crippen LogP contribution in [0.4, 0.5) is 5.82 Å². The number of hydrogen-bond acceptors (Lipinski definition) is 2. The molecule has 0 bridgehead atoms. The SMILES string of the molecule is Cc1cc(C)nc(NC(=O)C2=CC=C3C2=CC2=CC23)c1. The van der Waals surface area contributed by atoms with E-state index in [1.165, 1.54) is 11.1 Å². The molecule has 20 heavy (non-hydrogen) atoms. The van der Waals surface area contributed by atoms with Crippen LogP contribution in [0, 0.1) is 19.8 Å². The quantitative estimate of drug-likeness (QED) is 0.890. The first-order valence-corrected chi connectivity index (χ1v) is 6.74. The lowest BCUT2D eigenvalue weighted by Gasteiger charge is -2.09. The minimum atomic E-state index is -0.0816. The van der Waals surface area contributed by atoms with Crippen LogP contribution in [0.1, 0.15) is 11.3 Å². The van der Waals surface area contributed by atoms with Crippen molar-refractivity contribution in [2.24, 2.45) is 5.92 Å². The van der Waals surface area contributed by atoms with Gasteiger partial charge in [0.1, 0.15) is 5.82 Å². The topological polar surface area (TPSA) is 42.0 Å². The molecule has 1 unspecified atom stereocenters. The number of aromatic nitrogens is 1. The van der Waals surface area contributed by atoms with Crippen molar-refractivity contribution in [3.8, 4) is 0 Å². The fourth-order valence-corrected chi connectivity index (χ4v) is 2.95. The summed E-state index contributed by atoms with van der Waals surface area (Å²) in [6, 6.07) is 3.88. The van der Waals surface area contributed by atoms with E-state index in [0.717, 1.165) is 22.4 Å². The minimum Gasteiger partial charge on any atom is -0.307 e. The van der Waals surface area contributed by atoms with Crippen LogP contribution >= 0.6 is 0 Å². The van der Waals surface area contributed by atoms with Gasteiger partial charge in [-0.25, -0.2) is 4.98 Å². The number of aryl methyl sites for hydroxylation is 2. The standard InChI is InChI=1S/C17H14N2O/c1-9-5-10(2)18-16(6-9)19-17(20)13-4-3-12-14-7-11(14)8-15(12)13/h3-8,14H,1-2H3,(H,18,19,20). The molecule has 0 radical (unpaired) electrons. The predicted molar refractivity (Wildman–Crippen MR) is 78.2 cm³/mol. The molecular weight excluding hydrogens is 248 g/mol. The lowest BCUT2D eigenvalue weighted by molar-refractivity contribution is -0.112. The van der Waals surface area contributed by atoms with Crippen molar-refractivity contribution in [2.75, 3.05) is 5.32 Å². The third-order valence-electron chi connectivity index (χ3n) is 3.87. The number of allylic oxidation sites excluding steroid dienone is 6. The molecule has 1 aromatic rings. The second-order valence-electron chi connectivity index (χ2n) is 5.53. The van der Waals surface area contributed by atoms with E-state index in [2.05, 4.69) is 28.5 Å². The summed E-state index contributed by atoms with van der Waals surface area (Å²) in [5.41, 5.74) is 6.43. The summed E-state index contributed by atoms with van der Waals surface area (Å²) < 4.78 is 0. The van der Waals surface area contributed by atoms with Gasteiger partial charge in [0.25, 0.3) is 5.91 Å². The molecule has 0 aromatic carbocycles. The molecule has 0 fully saturated rings. The number of anilines is 1. The Hall–Kier alpha value is -2.42. The van der Waals surface area contributed by atoms with Crippen molar-refractivity contribution >= 4 is 11.7 Å². The van der Waals surface area contributed by atoms with E-state index in [-0.39, 0.29) is 5.91 Å². The zero-order chi connectivity index (χ0) is 13.9. The van der Waals surface area contributed by atoms with Crippen molar-refractivity contribution in [3.05, 3.63) is 70.0 Å². The molecule has 1 N–H and O–H groups in total. The van der Waals surface area contributed by atoms with Crippen LogP contribution in [0.3, 0.4) is 0 Å². The number of pyridine rings is 1. The molecule has 3 aliphatic rings. The van der Waals surface area contributed by atoms with Gasteiger partial charge in [-0.15, -0.1) is 0 Å². The van der Waals surface area contributed by atoms with Crippen molar-refractivity contribution in [3.63, 3.8) is 0 Å². The number of nitrogens with one attached hydrogen (secondary N) is 1. The molecule has 3 heteroatoms. The highest BCUT2D eigenvalue weighted by Crippen LogP contribution is 2.51. The Bertz CT molecular complexity index is 758. The van der Waals surface area contributed by atoms with Crippen molar-refractivity contribution in [1.82, 2.24) is 4.98 Å². The first-order valence-electron chi connectivity index (χ1n) is 6.74. The Balaban J connectivity index is 1.57. The van der Waals surface area contributed by atoms with E-state index in [4.69, 9.17) is 0 Å². The van der Waals surface area contributed by atoms with Crippen LogP contribution in [0.2, 0.25) is 0 Å². The largest absolute Gasteiger partial charge is 0.307 e. The van der Waals surface area contributed by atoms with Gasteiger partial charge in [-0.1, -0.05) is 12.2 Å². The molecule has 3 nitrogen and oxygen atoms in total. The van der Waals surface area contributed by atoms with E-state index in [9.17, 15) is 4.79 Å². The first-order chi connectivity index (χ1) is 9.61. The zero-order valence-corrected chi connectivity index (χ0v) is 11.4. The molecule has 98 valence electrons. The average Bonchev–Trinajstić information content (AvgIpc) is 2.85. The Morgan fingerprint density at radius 3 is 2.90 bits per heavy atom. The van der Waals surface area contributed by atoms with Crippen LogP contribution in [-0.2, 0) is 4.79 Å². The monoisotopic (exact) mass is 262 g/mol. The first kappa shape index (κ1) is 11.4. The zero-order valence-electron chi connectivity index (χ0n) is 11.4. The Labute approximate surface area is 117 Å². The molecule has 1 heterocycles. The molecule has 0 spiro atoms. The fraction of sp³-hybridized carbons (Fsp3) is 0.176. The van der Waals surface area contributed by atoms with Gasteiger partial charge in [0.05, 0.1) is 0 Å². The molecule has 1 aromatic heterocycles. The number of nitrogens with zero attached hydrogens (tertiary/aromatic N) is 1. The van der Waals surface area contributed by atoms with E-state index >= 15 is 0 Å². The van der Waals surface area contributed by atoms with Gasteiger partial charge in [0.2, 0.25) is 0 Å². The van der Waals surface area contributed by atoms with Gasteiger partial charge in [0, 0.05) is 17.2 Å². The lowest BCUT2D eigenvalue weighted by Crippen LogP contribution is -2.16. The number of carbonyl (C=O) groups is 1. The van der Waals surface area contributed by atoms with Gasteiger partial charge in [0.15, 0.2) is 0 Å². The number of amides is 1. The lowest BCUT2D eigenvalue weighted by atomic mass is 10.0. The Morgan fingerprint density at radius 1 is 1.25 bits per heavy atom. The molecule has 4 rings (SSSR count). The van der Waals surface area contributed by atoms with Crippen molar-refractivity contribution in [2.45, 2.75) is 13.8 Å². The third-order valence-corrected chi connectivity index (χ3v) is 3.87. The summed E-state index contributed by atoms with van der Waals surface area (Å²) in [4.78, 5) is 16.7. The number of carbonyl (C=O) groups excluding carboxylic acids is 1. The number of fused-ring (bicyclic) bond motifs is 3. The molecule has 1 amide bonds. The summed E-state index contributed by atoms with van der Waals surface area (Å²) in [6.45, 7) is 3.93. The van der Waals surface area contributed by atoms with Crippen LogP contribution in [0.5, 0.6) is 0 Å². The van der Waals surface area contributed by atoms with E-state index in [0.29, 0.717) is 11.7 Å². The summed E-state index contributed by atoms with van der Waals surface area (Å²) in [5, 5.41) is 2.90. The molecule has 0 saturated carbocycles. The summed E-state index contributed by atoms with van der Waals surface area (Å²) in [5.74, 6) is 1.01. The van der Waals surface area contributed by atoms with Crippen molar-refractivity contribution in [1.29, 1.82) is 0 Å². The Kier molecular flexibility index (Phi) is 2.16. The molecule has 1 atom stereocenters. The molecule has 0 aliphatic heterocycles. The highest BCUT2D eigenvalue weighted by molar-refractivity contribution is 6.09. The second-order valence-corrected chi connectivity index (χ2v) is 5.53. The van der Waals surface area contributed by atoms with Gasteiger partial charge in [-0.05, 0) is 60.4 Å². The maximum Gasteiger partial charge on any atom is 0.257 e. The molecule has 3 aliphatic carbocycles. The molecule has 0 saturated heterocycles. The molecular formula is C17H14N2O. The van der Waals surface area contributed by atoms with E-state index < -0.39 is 0 Å². The second kappa shape index (κ2) is 3.79. The van der Waals surface area contributed by atoms with Gasteiger partial charge >= 0.3 is 0 Å². The van der Waals surface area contributed by atoms with Gasteiger partial charge in [-0.2, -0.15) is 0 Å². The van der Waals surface area contributed by atoms with E-state index in [1.807, 2.05) is 32.1 Å². The average molecular weight is 262 g/mol. The van der Waals surface area contributed by atoms with Gasteiger partial charge < -0.3 is 5.32 Å².